The van der Waals surface area contributed by atoms with E-state index in [-0.39, 0.29) is 6.61 Å². The SMILES string of the molecule is C=C(OCC)C(=C/C=C\C(=O)OCC)c1ccc(C(F)(F)F)cc1. The van der Waals surface area contributed by atoms with Gasteiger partial charge >= 0.3 is 12.1 Å². The number of ether oxygens (including phenoxy) is 2. The maximum Gasteiger partial charge on any atom is 0.416 e. The standard InChI is InChI=1S/C18H19F3O3/c1-4-23-13(3)16(7-6-8-17(22)24-5-2)14-9-11-15(12-10-14)18(19,20)21/h6-12H,3-5H2,1-2H3/b8-6-,16-7?. The summed E-state index contributed by atoms with van der Waals surface area (Å²) in [5.74, 6) is -0.215. The maximum absolute atomic E-state index is 12.6. The Morgan fingerprint density at radius 2 is 1.71 bits per heavy atom. The van der Waals surface area contributed by atoms with Crippen molar-refractivity contribution in [1.82, 2.24) is 0 Å². The van der Waals surface area contributed by atoms with Crippen LogP contribution >= 0.6 is 0 Å². The zero-order valence-corrected chi connectivity index (χ0v) is 13.5. The van der Waals surface area contributed by atoms with Gasteiger partial charge in [0.1, 0.15) is 5.76 Å². The molecule has 1 rings (SSSR count). The fourth-order valence-electron chi connectivity index (χ4n) is 1.85. The van der Waals surface area contributed by atoms with Gasteiger partial charge in [-0.25, -0.2) is 4.79 Å². The lowest BCUT2D eigenvalue weighted by Crippen LogP contribution is -2.04. The number of halogens is 3. The van der Waals surface area contributed by atoms with Gasteiger partial charge in [0.05, 0.1) is 18.8 Å². The first-order valence-corrected chi connectivity index (χ1v) is 7.34. The second kappa shape index (κ2) is 8.96. The van der Waals surface area contributed by atoms with Gasteiger partial charge in [-0.3, -0.25) is 0 Å². The summed E-state index contributed by atoms with van der Waals surface area (Å²) in [6, 6.07) is 4.63. The molecule has 0 saturated carbocycles. The van der Waals surface area contributed by atoms with Gasteiger partial charge < -0.3 is 9.47 Å². The lowest BCUT2D eigenvalue weighted by Gasteiger charge is -2.13. The van der Waals surface area contributed by atoms with Gasteiger partial charge in [0, 0.05) is 11.6 Å². The van der Waals surface area contributed by atoms with Crippen LogP contribution in [0.15, 0.2) is 54.8 Å². The molecule has 6 heteroatoms. The third kappa shape index (κ3) is 5.95. The Morgan fingerprint density at radius 3 is 2.21 bits per heavy atom. The molecule has 0 amide bonds. The Kier molecular flexibility index (Phi) is 7.30. The van der Waals surface area contributed by atoms with Crippen molar-refractivity contribution >= 4 is 11.5 Å². The van der Waals surface area contributed by atoms with E-state index in [9.17, 15) is 18.0 Å². The molecule has 1 aromatic rings. The van der Waals surface area contributed by atoms with Crippen LogP contribution in [0.2, 0.25) is 0 Å². The van der Waals surface area contributed by atoms with Crippen LogP contribution in [0, 0.1) is 0 Å². The summed E-state index contributed by atoms with van der Waals surface area (Å²) >= 11 is 0. The van der Waals surface area contributed by atoms with Crippen LogP contribution < -0.4 is 0 Å². The smallest absolute Gasteiger partial charge is 0.416 e. The maximum atomic E-state index is 12.6. The molecule has 0 unspecified atom stereocenters. The average Bonchev–Trinajstić information content (AvgIpc) is 2.51. The molecule has 130 valence electrons. The highest BCUT2D eigenvalue weighted by Crippen LogP contribution is 2.31. The summed E-state index contributed by atoms with van der Waals surface area (Å²) < 4.78 is 48.0. The molecule has 0 saturated heterocycles. The predicted octanol–water partition coefficient (Wildman–Crippen LogP) is 4.76. The highest BCUT2D eigenvalue weighted by atomic mass is 19.4. The molecule has 3 nitrogen and oxygen atoms in total. The summed E-state index contributed by atoms with van der Waals surface area (Å²) in [7, 11) is 0. The normalized spacial score (nSPS) is 12.3. The first-order chi connectivity index (χ1) is 11.3. The van der Waals surface area contributed by atoms with Gasteiger partial charge in [-0.1, -0.05) is 30.9 Å². The summed E-state index contributed by atoms with van der Waals surface area (Å²) in [6.07, 6.45) is -0.206. The number of hydrogen-bond donors (Lipinski definition) is 0. The molecule has 0 N–H and O–H groups in total. The highest BCUT2D eigenvalue weighted by Gasteiger charge is 2.30. The number of benzene rings is 1. The van der Waals surface area contributed by atoms with E-state index in [2.05, 4.69) is 6.58 Å². The number of carbonyl (C=O) groups excluding carboxylic acids is 1. The van der Waals surface area contributed by atoms with E-state index in [4.69, 9.17) is 9.47 Å². The van der Waals surface area contributed by atoms with Crippen LogP contribution in [-0.4, -0.2) is 19.2 Å². The summed E-state index contributed by atoms with van der Waals surface area (Å²) in [6.45, 7) is 7.83. The van der Waals surface area contributed by atoms with Crippen LogP contribution in [0.5, 0.6) is 0 Å². The van der Waals surface area contributed by atoms with Crippen LogP contribution in [0.25, 0.3) is 5.57 Å². The molecule has 0 aliphatic rings. The van der Waals surface area contributed by atoms with E-state index >= 15 is 0 Å². The molecule has 0 aromatic heterocycles. The molecule has 0 radical (unpaired) electrons. The molecule has 0 spiro atoms. The van der Waals surface area contributed by atoms with Crippen molar-refractivity contribution in [3.05, 3.63) is 66.0 Å². The van der Waals surface area contributed by atoms with Crippen LogP contribution in [0.3, 0.4) is 0 Å². The second-order valence-corrected chi connectivity index (χ2v) is 4.62. The quantitative estimate of drug-likeness (QED) is 0.311. The van der Waals surface area contributed by atoms with Crippen LogP contribution in [0.4, 0.5) is 13.2 Å². The molecular weight excluding hydrogens is 321 g/mol. The third-order valence-corrected chi connectivity index (χ3v) is 2.92. The Hall–Kier alpha value is -2.50. The van der Waals surface area contributed by atoms with Crippen molar-refractivity contribution in [3.63, 3.8) is 0 Å². The lowest BCUT2D eigenvalue weighted by atomic mass is 10.0. The third-order valence-electron chi connectivity index (χ3n) is 2.92. The number of hydrogen-bond acceptors (Lipinski definition) is 3. The summed E-state index contributed by atoms with van der Waals surface area (Å²) in [5, 5.41) is 0. The van der Waals surface area contributed by atoms with Crippen LogP contribution in [-0.2, 0) is 20.4 Å². The number of rotatable bonds is 7. The number of alkyl halides is 3. The molecular formula is C18H19F3O3. The van der Waals surface area contributed by atoms with Crippen molar-refractivity contribution in [2.45, 2.75) is 20.0 Å². The number of allylic oxidation sites excluding steroid dienone is 3. The summed E-state index contributed by atoms with van der Waals surface area (Å²) in [5.41, 5.74) is 0.232. The monoisotopic (exact) mass is 340 g/mol. The minimum Gasteiger partial charge on any atom is -0.494 e. The predicted molar refractivity (Wildman–Crippen MR) is 86.0 cm³/mol. The van der Waals surface area contributed by atoms with Gasteiger partial charge in [-0.05, 0) is 31.5 Å². The van der Waals surface area contributed by atoms with Gasteiger partial charge in [-0.15, -0.1) is 0 Å². The van der Waals surface area contributed by atoms with Crippen molar-refractivity contribution < 1.29 is 27.4 Å². The van der Waals surface area contributed by atoms with Gasteiger partial charge in [0.15, 0.2) is 0 Å². The van der Waals surface area contributed by atoms with Crippen molar-refractivity contribution in [1.29, 1.82) is 0 Å². The Morgan fingerprint density at radius 1 is 1.12 bits per heavy atom. The average molecular weight is 340 g/mol. The fraction of sp³-hybridized carbons (Fsp3) is 0.278. The van der Waals surface area contributed by atoms with Gasteiger partial charge in [0.25, 0.3) is 0 Å². The largest absolute Gasteiger partial charge is 0.494 e. The minimum absolute atomic E-state index is 0.254. The zero-order chi connectivity index (χ0) is 18.2. The molecule has 24 heavy (non-hydrogen) atoms. The van der Waals surface area contributed by atoms with E-state index in [0.717, 1.165) is 12.1 Å². The van der Waals surface area contributed by atoms with Crippen molar-refractivity contribution in [2.75, 3.05) is 13.2 Å². The molecule has 0 atom stereocenters. The fourth-order valence-corrected chi connectivity index (χ4v) is 1.85. The van der Waals surface area contributed by atoms with E-state index in [1.165, 1.54) is 30.4 Å². The van der Waals surface area contributed by atoms with Crippen molar-refractivity contribution in [3.8, 4) is 0 Å². The Bertz CT molecular complexity index is 626. The zero-order valence-electron chi connectivity index (χ0n) is 13.5. The van der Waals surface area contributed by atoms with Gasteiger partial charge in [0.2, 0.25) is 0 Å². The van der Waals surface area contributed by atoms with Gasteiger partial charge in [-0.2, -0.15) is 13.2 Å². The second-order valence-electron chi connectivity index (χ2n) is 4.62. The molecule has 0 bridgehead atoms. The first kappa shape index (κ1) is 19.5. The Balaban J connectivity index is 3.10. The molecule has 0 heterocycles. The van der Waals surface area contributed by atoms with Crippen molar-refractivity contribution in [2.24, 2.45) is 0 Å². The van der Waals surface area contributed by atoms with E-state index in [0.29, 0.717) is 23.5 Å². The number of esters is 1. The Labute approximate surface area is 139 Å². The van der Waals surface area contributed by atoms with E-state index < -0.39 is 17.7 Å². The summed E-state index contributed by atoms with van der Waals surface area (Å²) in [4.78, 5) is 11.3. The minimum atomic E-state index is -4.40. The number of carbonyl (C=O) groups is 1. The molecule has 0 aliphatic carbocycles. The van der Waals surface area contributed by atoms with E-state index in [1.54, 1.807) is 13.8 Å². The van der Waals surface area contributed by atoms with Crippen LogP contribution in [0.1, 0.15) is 25.0 Å². The molecule has 1 aromatic carbocycles. The molecule has 0 aliphatic heterocycles. The highest BCUT2D eigenvalue weighted by molar-refractivity contribution is 5.84. The van der Waals surface area contributed by atoms with E-state index in [1.807, 2.05) is 0 Å². The topological polar surface area (TPSA) is 35.5 Å². The first-order valence-electron chi connectivity index (χ1n) is 7.34. The molecule has 0 fully saturated rings. The lowest BCUT2D eigenvalue weighted by molar-refractivity contribution is -0.138.